The molecule has 0 aromatic heterocycles. The van der Waals surface area contributed by atoms with Gasteiger partial charge < -0.3 is 14.8 Å². The first-order chi connectivity index (χ1) is 24.3. The number of ether oxygens (including phenoxy) is 2. The Morgan fingerprint density at radius 3 is 1.35 bits per heavy atom. The van der Waals surface area contributed by atoms with Crippen LogP contribution < -0.4 is 5.32 Å². The van der Waals surface area contributed by atoms with Gasteiger partial charge in [-0.2, -0.15) is 0 Å². The summed E-state index contributed by atoms with van der Waals surface area (Å²) in [5.41, 5.74) is 1.18. The van der Waals surface area contributed by atoms with E-state index in [4.69, 9.17) is 9.47 Å². The van der Waals surface area contributed by atoms with Crippen LogP contribution in [0, 0.1) is 5.92 Å². The zero-order valence-corrected chi connectivity index (χ0v) is 32.9. The highest BCUT2D eigenvalue weighted by Crippen LogP contribution is 2.15. The van der Waals surface area contributed by atoms with Crippen LogP contribution in [0.3, 0.4) is 0 Å². The maximum absolute atomic E-state index is 12.6. The Hall–Kier alpha value is -1.39. The summed E-state index contributed by atoms with van der Waals surface area (Å²) >= 11 is 0. The summed E-state index contributed by atoms with van der Waals surface area (Å²) in [6.45, 7) is 7.86. The maximum atomic E-state index is 12.6. The molecule has 0 bridgehead atoms. The minimum atomic E-state index is 0.176. The number of amides is 1. The number of hydrogen-bond donors (Lipinski definition) is 1. The third-order valence-corrected chi connectivity index (χ3v) is 10.1. The second-order valence-electron chi connectivity index (χ2n) is 15.0. The molecule has 0 aliphatic carbocycles. The number of hydrogen-bond acceptors (Lipinski definition) is 3. The summed E-state index contributed by atoms with van der Waals surface area (Å²) in [7, 11) is 0. The van der Waals surface area contributed by atoms with Crippen molar-refractivity contribution in [1.29, 1.82) is 0 Å². The Kier molecular flexibility index (Phi) is 35.3. The van der Waals surface area contributed by atoms with E-state index in [1.807, 2.05) is 18.2 Å². The van der Waals surface area contributed by atoms with Crippen molar-refractivity contribution in [1.82, 2.24) is 5.32 Å². The Morgan fingerprint density at radius 2 is 0.898 bits per heavy atom. The zero-order chi connectivity index (χ0) is 35.1. The largest absolute Gasteiger partial charge is 0.381 e. The Labute approximate surface area is 306 Å². The number of unbranched alkanes of at least 4 members (excludes halogenated alkanes) is 27. The third kappa shape index (κ3) is 33.5. The molecular formula is C45H83NO3. The number of benzene rings is 1. The van der Waals surface area contributed by atoms with Crippen LogP contribution >= 0.6 is 0 Å². The molecule has 0 radical (unpaired) electrons. The molecular weight excluding hydrogens is 602 g/mol. The summed E-state index contributed by atoms with van der Waals surface area (Å²) < 4.78 is 12.1. The molecule has 4 heteroatoms. The van der Waals surface area contributed by atoms with Crippen molar-refractivity contribution in [3.05, 3.63) is 35.9 Å². The van der Waals surface area contributed by atoms with Crippen LogP contribution in [-0.2, 0) is 20.9 Å². The molecule has 49 heavy (non-hydrogen) atoms. The van der Waals surface area contributed by atoms with Gasteiger partial charge in [0.1, 0.15) is 0 Å². The molecule has 4 nitrogen and oxygen atoms in total. The van der Waals surface area contributed by atoms with E-state index in [9.17, 15) is 4.79 Å². The average molecular weight is 686 g/mol. The SMILES string of the molecule is CCCCCCCCCCCCCCCCCC(=O)NCC(COCCCCCCCCCCCCCCCC)COCc1ccccc1. The van der Waals surface area contributed by atoms with Gasteiger partial charge in [-0.3, -0.25) is 4.79 Å². The molecule has 1 rings (SSSR count). The van der Waals surface area contributed by atoms with Gasteiger partial charge in [-0.05, 0) is 18.4 Å². The molecule has 0 spiro atoms. The lowest BCUT2D eigenvalue weighted by Crippen LogP contribution is -2.33. The summed E-state index contributed by atoms with van der Waals surface area (Å²) in [5.74, 6) is 0.357. The molecule has 0 aliphatic rings. The highest BCUT2D eigenvalue weighted by Gasteiger charge is 2.12. The number of carbonyl (C=O) groups excluding carboxylic acids is 1. The molecule has 0 fully saturated rings. The summed E-state index contributed by atoms with van der Waals surface area (Å²) in [4.78, 5) is 12.6. The van der Waals surface area contributed by atoms with Crippen molar-refractivity contribution < 1.29 is 14.3 Å². The number of carbonyl (C=O) groups is 1. The van der Waals surface area contributed by atoms with Gasteiger partial charge in [-0.1, -0.05) is 218 Å². The van der Waals surface area contributed by atoms with E-state index in [2.05, 4.69) is 31.3 Å². The molecule has 1 atom stereocenters. The van der Waals surface area contributed by atoms with E-state index in [1.54, 1.807) is 0 Å². The average Bonchev–Trinajstić information content (AvgIpc) is 3.12. The first kappa shape index (κ1) is 45.6. The predicted octanol–water partition coefficient (Wildman–Crippen LogP) is 13.7. The van der Waals surface area contributed by atoms with Crippen molar-refractivity contribution in [2.75, 3.05) is 26.4 Å². The molecule has 286 valence electrons. The lowest BCUT2D eigenvalue weighted by Gasteiger charge is -2.18. The molecule has 1 aromatic rings. The normalized spacial score (nSPS) is 12.0. The lowest BCUT2D eigenvalue weighted by atomic mass is 10.0. The smallest absolute Gasteiger partial charge is 0.220 e. The van der Waals surface area contributed by atoms with Crippen molar-refractivity contribution in [2.24, 2.45) is 5.92 Å². The molecule has 1 amide bonds. The zero-order valence-electron chi connectivity index (χ0n) is 32.9. The van der Waals surface area contributed by atoms with Crippen molar-refractivity contribution in [3.63, 3.8) is 0 Å². The monoisotopic (exact) mass is 686 g/mol. The van der Waals surface area contributed by atoms with Gasteiger partial charge in [0.05, 0.1) is 19.8 Å². The van der Waals surface area contributed by atoms with Crippen molar-refractivity contribution in [3.8, 4) is 0 Å². The highest BCUT2D eigenvalue weighted by atomic mass is 16.5. The van der Waals surface area contributed by atoms with Crippen LogP contribution in [0.15, 0.2) is 30.3 Å². The van der Waals surface area contributed by atoms with Crippen molar-refractivity contribution in [2.45, 2.75) is 213 Å². The fraction of sp³-hybridized carbons (Fsp3) is 0.844. The minimum absolute atomic E-state index is 0.176. The standard InChI is InChI=1S/C45H83NO3/c1-3-5-7-9-11-13-15-17-19-20-22-24-26-28-33-37-45(47)46-39-44(42-49-40-43-35-31-30-32-36-43)41-48-38-34-29-27-25-23-21-18-16-14-12-10-8-6-4-2/h30-32,35-36,44H,3-29,33-34,37-42H2,1-2H3,(H,46,47). The first-order valence-electron chi connectivity index (χ1n) is 21.7. The van der Waals surface area contributed by atoms with E-state index < -0.39 is 0 Å². The van der Waals surface area contributed by atoms with Crippen LogP contribution in [0.2, 0.25) is 0 Å². The second kappa shape index (κ2) is 37.9. The maximum Gasteiger partial charge on any atom is 0.220 e. The van der Waals surface area contributed by atoms with Crippen molar-refractivity contribution >= 4 is 5.91 Å². The fourth-order valence-corrected chi connectivity index (χ4v) is 6.74. The van der Waals surface area contributed by atoms with E-state index in [0.29, 0.717) is 32.8 Å². The fourth-order valence-electron chi connectivity index (χ4n) is 6.74. The topological polar surface area (TPSA) is 47.6 Å². The van der Waals surface area contributed by atoms with Crippen LogP contribution in [-0.4, -0.2) is 32.3 Å². The van der Waals surface area contributed by atoms with E-state index in [0.717, 1.165) is 25.9 Å². The Balaban J connectivity index is 2.07. The van der Waals surface area contributed by atoms with E-state index in [1.165, 1.54) is 173 Å². The molecule has 0 heterocycles. The van der Waals surface area contributed by atoms with Gasteiger partial charge in [0.15, 0.2) is 0 Å². The number of nitrogens with one attached hydrogen (secondary N) is 1. The molecule has 1 aromatic carbocycles. The van der Waals surface area contributed by atoms with Gasteiger partial charge in [0, 0.05) is 25.5 Å². The molecule has 0 aliphatic heterocycles. The predicted molar refractivity (Wildman–Crippen MR) is 213 cm³/mol. The van der Waals surface area contributed by atoms with Gasteiger partial charge >= 0.3 is 0 Å². The summed E-state index contributed by atoms with van der Waals surface area (Å²) in [6, 6.07) is 10.3. The second-order valence-corrected chi connectivity index (χ2v) is 15.0. The van der Waals surface area contributed by atoms with Crippen LogP contribution in [0.1, 0.15) is 212 Å². The minimum Gasteiger partial charge on any atom is -0.381 e. The van der Waals surface area contributed by atoms with Crippen LogP contribution in [0.25, 0.3) is 0 Å². The van der Waals surface area contributed by atoms with Gasteiger partial charge in [-0.25, -0.2) is 0 Å². The summed E-state index contributed by atoms with van der Waals surface area (Å²) in [6.07, 6.45) is 40.0. The van der Waals surface area contributed by atoms with E-state index in [-0.39, 0.29) is 11.8 Å². The lowest BCUT2D eigenvalue weighted by molar-refractivity contribution is -0.121. The number of rotatable bonds is 39. The molecule has 1 unspecified atom stereocenters. The van der Waals surface area contributed by atoms with Gasteiger partial charge in [0.25, 0.3) is 0 Å². The Bertz CT molecular complexity index is 785. The third-order valence-electron chi connectivity index (χ3n) is 10.1. The van der Waals surface area contributed by atoms with Gasteiger partial charge in [-0.15, -0.1) is 0 Å². The van der Waals surface area contributed by atoms with E-state index >= 15 is 0 Å². The quantitative estimate of drug-likeness (QED) is 0.0702. The van der Waals surface area contributed by atoms with Crippen LogP contribution in [0.5, 0.6) is 0 Å². The molecule has 0 saturated heterocycles. The van der Waals surface area contributed by atoms with Gasteiger partial charge in [0.2, 0.25) is 5.91 Å². The Morgan fingerprint density at radius 1 is 0.510 bits per heavy atom. The summed E-state index contributed by atoms with van der Waals surface area (Å²) in [5, 5.41) is 3.19. The first-order valence-corrected chi connectivity index (χ1v) is 21.7. The van der Waals surface area contributed by atoms with Crippen LogP contribution in [0.4, 0.5) is 0 Å². The molecule has 1 N–H and O–H groups in total. The highest BCUT2D eigenvalue weighted by molar-refractivity contribution is 5.75. The molecule has 0 saturated carbocycles.